The molecule has 1 aliphatic rings. The molecule has 1 aromatic rings. The number of thiazole rings is 1. The molecule has 0 bridgehead atoms. The van der Waals surface area contributed by atoms with Crippen LogP contribution >= 0.6 is 27.3 Å². The van der Waals surface area contributed by atoms with E-state index >= 15 is 0 Å². The van der Waals surface area contributed by atoms with E-state index in [4.69, 9.17) is 4.74 Å². The molecule has 0 saturated carbocycles. The quantitative estimate of drug-likeness (QED) is 0.787. The molecular weight excluding hydrogens is 264 g/mol. The van der Waals surface area contributed by atoms with E-state index in [2.05, 4.69) is 25.8 Å². The number of halogens is 1. The summed E-state index contributed by atoms with van der Waals surface area (Å²) in [4.78, 5) is 7.87. The van der Waals surface area contributed by atoms with Gasteiger partial charge in [-0.1, -0.05) is 15.9 Å². The van der Waals surface area contributed by atoms with E-state index in [0.717, 1.165) is 31.6 Å². The van der Waals surface area contributed by atoms with Gasteiger partial charge in [-0.2, -0.15) is 0 Å². The van der Waals surface area contributed by atoms with E-state index in [1.54, 1.807) is 11.3 Å². The molecule has 0 N–H and O–H groups in total. The molecule has 0 radical (unpaired) electrons. The summed E-state index contributed by atoms with van der Waals surface area (Å²) < 4.78 is 5.44. The summed E-state index contributed by atoms with van der Waals surface area (Å²) in [5, 5.41) is 0.978. The molecule has 1 fully saturated rings. The highest BCUT2D eigenvalue weighted by Crippen LogP contribution is 2.15. The normalized spacial score (nSPS) is 23.9. The van der Waals surface area contributed by atoms with Crippen LogP contribution in [0, 0.1) is 0 Å². The van der Waals surface area contributed by atoms with Gasteiger partial charge in [0.25, 0.3) is 0 Å². The molecule has 78 valence electrons. The zero-order valence-electron chi connectivity index (χ0n) is 7.86. The molecule has 3 nitrogen and oxygen atoms in total. The van der Waals surface area contributed by atoms with Crippen molar-refractivity contribution in [3.05, 3.63) is 16.6 Å². The minimum atomic E-state index is 0.505. The summed E-state index contributed by atoms with van der Waals surface area (Å²) in [7, 11) is 0. The minimum absolute atomic E-state index is 0.505. The summed E-state index contributed by atoms with van der Waals surface area (Å²) in [5.41, 5.74) is 1.89. The highest BCUT2D eigenvalue weighted by Gasteiger charge is 2.22. The van der Waals surface area contributed by atoms with Crippen LogP contribution in [0.1, 0.15) is 4.88 Å². The highest BCUT2D eigenvalue weighted by atomic mass is 79.9. The molecule has 0 amide bonds. The zero-order valence-corrected chi connectivity index (χ0v) is 10.3. The first kappa shape index (κ1) is 10.5. The van der Waals surface area contributed by atoms with Crippen molar-refractivity contribution in [2.24, 2.45) is 0 Å². The number of ether oxygens (including phenoxy) is 1. The van der Waals surface area contributed by atoms with Gasteiger partial charge in [0, 0.05) is 35.5 Å². The largest absolute Gasteiger partial charge is 0.378 e. The Bertz CT molecular complexity index is 268. The van der Waals surface area contributed by atoms with Crippen LogP contribution in [0.15, 0.2) is 11.7 Å². The summed E-state index contributed by atoms with van der Waals surface area (Å²) in [6.07, 6.45) is 1.95. The average molecular weight is 277 g/mol. The predicted molar refractivity (Wildman–Crippen MR) is 60.9 cm³/mol. The Morgan fingerprint density at radius 1 is 1.71 bits per heavy atom. The van der Waals surface area contributed by atoms with Crippen molar-refractivity contribution in [3.8, 4) is 0 Å². The second-order valence-electron chi connectivity index (χ2n) is 3.32. The highest BCUT2D eigenvalue weighted by molar-refractivity contribution is 9.09. The van der Waals surface area contributed by atoms with E-state index in [1.807, 2.05) is 11.7 Å². The fourth-order valence-electron chi connectivity index (χ4n) is 1.56. The maximum Gasteiger partial charge on any atom is 0.0794 e. The second-order valence-corrected chi connectivity index (χ2v) is 4.94. The summed E-state index contributed by atoms with van der Waals surface area (Å²) >= 11 is 5.24. The molecule has 1 aromatic heterocycles. The molecule has 1 saturated heterocycles. The van der Waals surface area contributed by atoms with Crippen LogP contribution in [-0.4, -0.2) is 41.0 Å². The van der Waals surface area contributed by atoms with Crippen molar-refractivity contribution in [3.63, 3.8) is 0 Å². The van der Waals surface area contributed by atoms with E-state index in [-0.39, 0.29) is 0 Å². The summed E-state index contributed by atoms with van der Waals surface area (Å²) in [6.45, 7) is 3.71. The maximum atomic E-state index is 5.44. The van der Waals surface area contributed by atoms with Gasteiger partial charge >= 0.3 is 0 Å². The van der Waals surface area contributed by atoms with Crippen LogP contribution in [0.3, 0.4) is 0 Å². The first-order chi connectivity index (χ1) is 6.90. The Morgan fingerprint density at radius 2 is 2.64 bits per heavy atom. The van der Waals surface area contributed by atoms with E-state index in [9.17, 15) is 0 Å². The van der Waals surface area contributed by atoms with E-state index in [0.29, 0.717) is 6.04 Å². The zero-order chi connectivity index (χ0) is 9.80. The number of hydrogen-bond acceptors (Lipinski definition) is 4. The number of aromatic nitrogens is 1. The number of hydrogen-bond donors (Lipinski definition) is 0. The van der Waals surface area contributed by atoms with Gasteiger partial charge in [-0.25, -0.2) is 0 Å². The molecular formula is C9H13BrN2OS. The lowest BCUT2D eigenvalue weighted by Crippen LogP contribution is -2.45. The summed E-state index contributed by atoms with van der Waals surface area (Å²) in [6, 6.07) is 0.505. The van der Waals surface area contributed by atoms with Gasteiger partial charge in [-0.15, -0.1) is 11.3 Å². The monoisotopic (exact) mass is 276 g/mol. The molecule has 2 rings (SSSR count). The number of morpholine rings is 1. The van der Waals surface area contributed by atoms with Crippen molar-refractivity contribution in [2.45, 2.75) is 12.6 Å². The fourth-order valence-corrected chi connectivity index (χ4v) is 2.78. The van der Waals surface area contributed by atoms with Gasteiger partial charge in [0.15, 0.2) is 0 Å². The molecule has 1 unspecified atom stereocenters. The van der Waals surface area contributed by atoms with Crippen LogP contribution in [0.5, 0.6) is 0 Å². The van der Waals surface area contributed by atoms with Gasteiger partial charge in [0.1, 0.15) is 0 Å². The van der Waals surface area contributed by atoms with Crippen LogP contribution < -0.4 is 0 Å². The lowest BCUT2D eigenvalue weighted by atomic mass is 10.2. The number of alkyl halides is 1. The topological polar surface area (TPSA) is 25.4 Å². The predicted octanol–water partition coefficient (Wildman–Crippen LogP) is 1.74. The lowest BCUT2D eigenvalue weighted by Gasteiger charge is -2.33. The Kier molecular flexibility index (Phi) is 3.92. The third-order valence-electron chi connectivity index (χ3n) is 2.37. The van der Waals surface area contributed by atoms with Crippen LogP contribution in [-0.2, 0) is 11.3 Å². The fraction of sp³-hybridized carbons (Fsp3) is 0.667. The Labute approximate surface area is 96.2 Å². The Morgan fingerprint density at radius 3 is 3.36 bits per heavy atom. The maximum absolute atomic E-state index is 5.44. The van der Waals surface area contributed by atoms with Crippen molar-refractivity contribution < 1.29 is 4.74 Å². The van der Waals surface area contributed by atoms with E-state index in [1.165, 1.54) is 4.88 Å². The Hall–Kier alpha value is 0.0300. The molecule has 0 aliphatic carbocycles. The van der Waals surface area contributed by atoms with Gasteiger partial charge in [0.2, 0.25) is 0 Å². The van der Waals surface area contributed by atoms with Crippen LogP contribution in [0.4, 0.5) is 0 Å². The van der Waals surface area contributed by atoms with Crippen molar-refractivity contribution in [2.75, 3.05) is 25.1 Å². The third kappa shape index (κ3) is 2.53. The number of rotatable bonds is 3. The van der Waals surface area contributed by atoms with Crippen LogP contribution in [0.2, 0.25) is 0 Å². The first-order valence-corrected chi connectivity index (χ1v) is 6.65. The van der Waals surface area contributed by atoms with Crippen molar-refractivity contribution in [1.82, 2.24) is 9.88 Å². The molecule has 1 aliphatic heterocycles. The molecule has 5 heteroatoms. The first-order valence-electron chi connectivity index (χ1n) is 4.65. The third-order valence-corrected chi connectivity index (χ3v) is 3.88. The van der Waals surface area contributed by atoms with Crippen LogP contribution in [0.25, 0.3) is 0 Å². The van der Waals surface area contributed by atoms with E-state index < -0.39 is 0 Å². The van der Waals surface area contributed by atoms with Gasteiger partial charge in [-0.05, 0) is 0 Å². The average Bonchev–Trinajstić information content (AvgIpc) is 2.71. The molecule has 14 heavy (non-hydrogen) atoms. The Balaban J connectivity index is 1.94. The van der Waals surface area contributed by atoms with Gasteiger partial charge in [-0.3, -0.25) is 9.88 Å². The molecule has 1 atom stereocenters. The smallest absolute Gasteiger partial charge is 0.0794 e. The SMILES string of the molecule is BrCC1COCCN1Cc1cncs1. The minimum Gasteiger partial charge on any atom is -0.378 e. The number of nitrogens with zero attached hydrogens (tertiary/aromatic N) is 2. The van der Waals surface area contributed by atoms with Crippen molar-refractivity contribution >= 4 is 27.3 Å². The molecule has 2 heterocycles. The van der Waals surface area contributed by atoms with Crippen molar-refractivity contribution in [1.29, 1.82) is 0 Å². The standard InChI is InChI=1S/C9H13BrN2OS/c10-3-8-6-13-2-1-12(8)5-9-4-11-7-14-9/h4,7-8H,1-3,5-6H2. The molecule has 0 aromatic carbocycles. The van der Waals surface area contributed by atoms with Gasteiger partial charge < -0.3 is 4.74 Å². The molecule has 0 spiro atoms. The second kappa shape index (κ2) is 5.21. The summed E-state index contributed by atoms with van der Waals surface area (Å²) in [5.74, 6) is 0. The lowest BCUT2D eigenvalue weighted by molar-refractivity contribution is -0.00169. The van der Waals surface area contributed by atoms with Gasteiger partial charge in [0.05, 0.1) is 18.7 Å².